The number of nitrogens with zero attached hydrogens (tertiary/aromatic N) is 2. The first-order valence-electron chi connectivity index (χ1n) is 6.13. The van der Waals surface area contributed by atoms with Crippen LogP contribution in [0.5, 0.6) is 0 Å². The zero-order chi connectivity index (χ0) is 12.4. The molecule has 3 N–H and O–H groups in total. The number of hydrazine groups is 1. The zero-order valence-electron chi connectivity index (χ0n) is 10.1. The van der Waals surface area contributed by atoms with E-state index < -0.39 is 0 Å². The number of rotatable bonds is 4. The molecule has 92 valence electrons. The lowest BCUT2D eigenvalue weighted by Crippen LogP contribution is -2.36. The largest absolute Gasteiger partial charge is 0.271 e. The number of nitrogens with two attached hydrogens (primary N) is 1. The summed E-state index contributed by atoms with van der Waals surface area (Å²) in [6.45, 7) is 0. The van der Waals surface area contributed by atoms with Gasteiger partial charge in [-0.2, -0.15) is 0 Å². The molecule has 0 saturated heterocycles. The molecule has 1 atom stereocenters. The summed E-state index contributed by atoms with van der Waals surface area (Å²) in [5.41, 5.74) is 5.41. The molecule has 4 nitrogen and oxygen atoms in total. The Labute approximate surface area is 106 Å². The molecule has 4 heteroatoms. The second kappa shape index (κ2) is 4.48. The predicted molar refractivity (Wildman–Crippen MR) is 69.5 cm³/mol. The molecule has 1 aliphatic rings. The van der Waals surface area contributed by atoms with Gasteiger partial charge in [-0.1, -0.05) is 30.3 Å². The molecule has 1 heterocycles. The van der Waals surface area contributed by atoms with Gasteiger partial charge in [-0.3, -0.25) is 11.3 Å². The first-order valence-corrected chi connectivity index (χ1v) is 6.13. The first-order chi connectivity index (χ1) is 8.87. The average molecular weight is 240 g/mol. The Morgan fingerprint density at radius 1 is 1.11 bits per heavy atom. The van der Waals surface area contributed by atoms with Crippen molar-refractivity contribution in [3.8, 4) is 0 Å². The Hall–Kier alpha value is -1.78. The lowest BCUT2D eigenvalue weighted by Gasteiger charge is -2.26. The van der Waals surface area contributed by atoms with Gasteiger partial charge in [0.25, 0.3) is 0 Å². The number of aromatic nitrogens is 2. The average Bonchev–Trinajstić information content (AvgIpc) is 3.24. The molecule has 0 aliphatic heterocycles. The molecule has 1 aromatic heterocycles. The van der Waals surface area contributed by atoms with E-state index in [1.54, 1.807) is 6.33 Å². The third-order valence-corrected chi connectivity index (χ3v) is 3.77. The fraction of sp³-hybridized carbons (Fsp3) is 0.286. The van der Waals surface area contributed by atoms with Crippen LogP contribution in [0.15, 0.2) is 49.1 Å². The van der Waals surface area contributed by atoms with Gasteiger partial charge in [0.1, 0.15) is 6.33 Å². The first kappa shape index (κ1) is 11.3. The van der Waals surface area contributed by atoms with Crippen molar-refractivity contribution in [2.75, 3.05) is 0 Å². The monoisotopic (exact) mass is 240 g/mol. The molecule has 1 aliphatic carbocycles. The standard InChI is InChI=1S/C14H16N4/c15-18-13(11-8-16-10-17-9-11)14(6-7-14)12-4-2-1-3-5-12/h1-5,8-10,13,18H,6-7,15H2. The molecule has 1 fully saturated rings. The maximum absolute atomic E-state index is 5.76. The lowest BCUT2D eigenvalue weighted by atomic mass is 9.85. The molecule has 2 aromatic rings. The van der Waals surface area contributed by atoms with Crippen molar-refractivity contribution in [2.45, 2.75) is 24.3 Å². The van der Waals surface area contributed by atoms with Crippen LogP contribution in [0.3, 0.4) is 0 Å². The fourth-order valence-corrected chi connectivity index (χ4v) is 2.68. The van der Waals surface area contributed by atoms with Gasteiger partial charge in [0, 0.05) is 23.4 Å². The van der Waals surface area contributed by atoms with Crippen LogP contribution in [0.1, 0.15) is 30.0 Å². The van der Waals surface area contributed by atoms with Crippen molar-refractivity contribution in [1.29, 1.82) is 0 Å². The predicted octanol–water partition coefficient (Wildman–Crippen LogP) is 1.71. The Kier molecular flexibility index (Phi) is 2.81. The van der Waals surface area contributed by atoms with Crippen LogP contribution in [-0.2, 0) is 5.41 Å². The topological polar surface area (TPSA) is 63.8 Å². The van der Waals surface area contributed by atoms with Crippen molar-refractivity contribution < 1.29 is 0 Å². The van der Waals surface area contributed by atoms with Gasteiger partial charge in [-0.25, -0.2) is 9.97 Å². The van der Waals surface area contributed by atoms with E-state index in [2.05, 4.69) is 39.7 Å². The second-order valence-corrected chi connectivity index (χ2v) is 4.79. The fourth-order valence-electron chi connectivity index (χ4n) is 2.68. The van der Waals surface area contributed by atoms with Crippen molar-refractivity contribution in [1.82, 2.24) is 15.4 Å². The Bertz CT molecular complexity index is 508. The van der Waals surface area contributed by atoms with E-state index in [1.807, 2.05) is 18.5 Å². The summed E-state index contributed by atoms with van der Waals surface area (Å²) in [5, 5.41) is 0. The smallest absolute Gasteiger partial charge is 0.115 e. The van der Waals surface area contributed by atoms with Crippen LogP contribution in [0, 0.1) is 0 Å². The van der Waals surface area contributed by atoms with E-state index in [4.69, 9.17) is 5.84 Å². The Balaban J connectivity index is 1.98. The van der Waals surface area contributed by atoms with E-state index in [9.17, 15) is 0 Å². The van der Waals surface area contributed by atoms with Gasteiger partial charge in [0.15, 0.2) is 0 Å². The van der Waals surface area contributed by atoms with Gasteiger partial charge < -0.3 is 0 Å². The SMILES string of the molecule is NNC(c1cncnc1)C1(c2ccccc2)CC1. The van der Waals surface area contributed by atoms with Crippen LogP contribution in [0.4, 0.5) is 0 Å². The van der Waals surface area contributed by atoms with E-state index in [0.29, 0.717) is 0 Å². The minimum absolute atomic E-state index is 0.0705. The summed E-state index contributed by atoms with van der Waals surface area (Å²) in [6, 6.07) is 10.6. The Morgan fingerprint density at radius 2 is 1.78 bits per heavy atom. The van der Waals surface area contributed by atoms with Crippen molar-refractivity contribution in [2.24, 2.45) is 5.84 Å². The molecule has 0 amide bonds. The lowest BCUT2D eigenvalue weighted by molar-refractivity contribution is 0.437. The molecule has 0 bridgehead atoms. The highest BCUT2D eigenvalue weighted by Gasteiger charge is 2.51. The van der Waals surface area contributed by atoms with E-state index >= 15 is 0 Å². The quantitative estimate of drug-likeness (QED) is 0.631. The molecule has 1 aromatic carbocycles. The van der Waals surface area contributed by atoms with Gasteiger partial charge >= 0.3 is 0 Å². The second-order valence-electron chi connectivity index (χ2n) is 4.79. The summed E-state index contributed by atoms with van der Waals surface area (Å²) in [6.07, 6.45) is 7.49. The third-order valence-electron chi connectivity index (χ3n) is 3.77. The summed E-state index contributed by atoms with van der Waals surface area (Å²) in [7, 11) is 0. The highest BCUT2D eigenvalue weighted by atomic mass is 15.2. The molecule has 18 heavy (non-hydrogen) atoms. The maximum Gasteiger partial charge on any atom is 0.115 e. The normalized spacial score (nSPS) is 18.3. The highest BCUT2D eigenvalue weighted by Crippen LogP contribution is 2.56. The van der Waals surface area contributed by atoms with Crippen LogP contribution < -0.4 is 11.3 Å². The van der Waals surface area contributed by atoms with Crippen LogP contribution >= 0.6 is 0 Å². The van der Waals surface area contributed by atoms with Gasteiger partial charge in [-0.15, -0.1) is 0 Å². The van der Waals surface area contributed by atoms with Gasteiger partial charge in [0.05, 0.1) is 6.04 Å². The summed E-state index contributed by atoms with van der Waals surface area (Å²) >= 11 is 0. The van der Waals surface area contributed by atoms with Crippen LogP contribution in [0.2, 0.25) is 0 Å². The van der Waals surface area contributed by atoms with E-state index in [0.717, 1.165) is 18.4 Å². The molecule has 1 saturated carbocycles. The van der Waals surface area contributed by atoms with E-state index in [-0.39, 0.29) is 11.5 Å². The number of nitrogens with one attached hydrogen (secondary N) is 1. The number of benzene rings is 1. The molecule has 0 spiro atoms. The van der Waals surface area contributed by atoms with Gasteiger partial charge in [0.2, 0.25) is 0 Å². The van der Waals surface area contributed by atoms with E-state index in [1.165, 1.54) is 5.56 Å². The van der Waals surface area contributed by atoms with Crippen LogP contribution in [-0.4, -0.2) is 9.97 Å². The van der Waals surface area contributed by atoms with Crippen molar-refractivity contribution in [3.05, 3.63) is 60.2 Å². The maximum atomic E-state index is 5.76. The van der Waals surface area contributed by atoms with Crippen molar-refractivity contribution in [3.63, 3.8) is 0 Å². The van der Waals surface area contributed by atoms with Crippen molar-refractivity contribution >= 4 is 0 Å². The Morgan fingerprint density at radius 3 is 2.33 bits per heavy atom. The summed E-state index contributed by atoms with van der Waals surface area (Å²) in [4.78, 5) is 8.16. The molecular formula is C14H16N4. The van der Waals surface area contributed by atoms with Crippen LogP contribution in [0.25, 0.3) is 0 Å². The number of hydrogen-bond acceptors (Lipinski definition) is 4. The molecular weight excluding hydrogens is 224 g/mol. The third kappa shape index (κ3) is 1.79. The minimum Gasteiger partial charge on any atom is -0.271 e. The highest BCUT2D eigenvalue weighted by molar-refractivity contribution is 5.37. The summed E-state index contributed by atoms with van der Waals surface area (Å²) < 4.78 is 0. The molecule has 1 unspecified atom stereocenters. The summed E-state index contributed by atoms with van der Waals surface area (Å²) in [5.74, 6) is 5.76. The molecule has 3 rings (SSSR count). The minimum atomic E-state index is 0.0705. The molecule has 0 radical (unpaired) electrons. The zero-order valence-corrected chi connectivity index (χ0v) is 10.1. The number of hydrogen-bond donors (Lipinski definition) is 2. The van der Waals surface area contributed by atoms with Gasteiger partial charge in [-0.05, 0) is 18.4 Å².